The van der Waals surface area contributed by atoms with Crippen LogP contribution in [0.4, 0.5) is 5.69 Å². The zero-order valence-corrected chi connectivity index (χ0v) is 6.72. The standard InChI is InChI=1S/C7H6N2O4/c1-4-2-5(9(12)13)3-8-6(4)7(10)11/h2-3H,1H3,(H,10,11). The van der Waals surface area contributed by atoms with Crippen molar-refractivity contribution in [2.24, 2.45) is 0 Å². The van der Waals surface area contributed by atoms with Crippen molar-refractivity contribution in [3.8, 4) is 0 Å². The molecule has 0 saturated carbocycles. The fourth-order valence-corrected chi connectivity index (χ4v) is 0.884. The molecule has 6 nitrogen and oxygen atoms in total. The number of aromatic carboxylic acids is 1. The van der Waals surface area contributed by atoms with Gasteiger partial charge in [0.15, 0.2) is 5.69 Å². The van der Waals surface area contributed by atoms with E-state index in [2.05, 4.69) is 4.98 Å². The Kier molecular flexibility index (Phi) is 2.23. The molecule has 0 spiro atoms. The fraction of sp³-hybridized carbons (Fsp3) is 0.143. The summed E-state index contributed by atoms with van der Waals surface area (Å²) in [6.45, 7) is 1.46. The smallest absolute Gasteiger partial charge is 0.354 e. The molecule has 0 radical (unpaired) electrons. The maximum Gasteiger partial charge on any atom is 0.354 e. The van der Waals surface area contributed by atoms with Crippen molar-refractivity contribution in [2.75, 3.05) is 0 Å². The Labute approximate surface area is 73.0 Å². The first-order valence-electron chi connectivity index (χ1n) is 3.36. The fourth-order valence-electron chi connectivity index (χ4n) is 0.884. The van der Waals surface area contributed by atoms with E-state index in [0.717, 1.165) is 6.20 Å². The van der Waals surface area contributed by atoms with Gasteiger partial charge >= 0.3 is 5.97 Å². The molecule has 0 aromatic carbocycles. The molecule has 0 unspecified atom stereocenters. The molecule has 0 aliphatic heterocycles. The van der Waals surface area contributed by atoms with Gasteiger partial charge in [0.2, 0.25) is 0 Å². The number of nitro groups is 1. The van der Waals surface area contributed by atoms with Gasteiger partial charge in [-0.05, 0) is 12.5 Å². The molecule has 0 bridgehead atoms. The van der Waals surface area contributed by atoms with Gasteiger partial charge in [0.1, 0.15) is 6.20 Å². The second-order valence-corrected chi connectivity index (χ2v) is 2.42. The highest BCUT2D eigenvalue weighted by Crippen LogP contribution is 2.13. The molecule has 1 heterocycles. The van der Waals surface area contributed by atoms with Gasteiger partial charge in [-0.2, -0.15) is 0 Å². The molecule has 0 amide bonds. The average Bonchev–Trinajstić information content (AvgIpc) is 2.03. The van der Waals surface area contributed by atoms with Crippen LogP contribution in [0.1, 0.15) is 16.1 Å². The topological polar surface area (TPSA) is 93.3 Å². The maximum absolute atomic E-state index is 10.5. The van der Waals surface area contributed by atoms with Gasteiger partial charge in [0.25, 0.3) is 5.69 Å². The van der Waals surface area contributed by atoms with Gasteiger partial charge in [-0.3, -0.25) is 10.1 Å². The van der Waals surface area contributed by atoms with Crippen molar-refractivity contribution in [1.29, 1.82) is 0 Å². The molecule has 0 aliphatic carbocycles. The second-order valence-electron chi connectivity index (χ2n) is 2.42. The maximum atomic E-state index is 10.5. The van der Waals surface area contributed by atoms with E-state index in [9.17, 15) is 14.9 Å². The van der Waals surface area contributed by atoms with Crippen LogP contribution >= 0.6 is 0 Å². The van der Waals surface area contributed by atoms with E-state index in [0.29, 0.717) is 0 Å². The molecule has 0 fully saturated rings. The van der Waals surface area contributed by atoms with Crippen LogP contribution in [0, 0.1) is 17.0 Å². The highest BCUT2D eigenvalue weighted by Gasteiger charge is 2.13. The molecule has 1 rings (SSSR count). The number of hydrogen-bond acceptors (Lipinski definition) is 4. The van der Waals surface area contributed by atoms with Gasteiger partial charge in [-0.1, -0.05) is 0 Å². The predicted molar refractivity (Wildman–Crippen MR) is 42.6 cm³/mol. The summed E-state index contributed by atoms with van der Waals surface area (Å²) in [5.41, 5.74) is -0.0881. The zero-order chi connectivity index (χ0) is 10.0. The van der Waals surface area contributed by atoms with Crippen LogP contribution in [0.15, 0.2) is 12.3 Å². The summed E-state index contributed by atoms with van der Waals surface area (Å²) in [5.74, 6) is -1.19. The van der Waals surface area contributed by atoms with Gasteiger partial charge in [0.05, 0.1) is 4.92 Å². The molecule has 6 heteroatoms. The Morgan fingerprint density at radius 2 is 2.31 bits per heavy atom. The van der Waals surface area contributed by atoms with E-state index in [1.165, 1.54) is 13.0 Å². The van der Waals surface area contributed by atoms with Crippen LogP contribution in [0.5, 0.6) is 0 Å². The van der Waals surface area contributed by atoms with Gasteiger partial charge in [0, 0.05) is 6.07 Å². The number of hydrogen-bond donors (Lipinski definition) is 1. The summed E-state index contributed by atoms with van der Waals surface area (Å²) in [5, 5.41) is 18.8. The Morgan fingerprint density at radius 1 is 1.69 bits per heavy atom. The highest BCUT2D eigenvalue weighted by molar-refractivity contribution is 5.87. The normalized spacial score (nSPS) is 9.62. The first kappa shape index (κ1) is 9.11. The second kappa shape index (κ2) is 3.18. The number of aromatic nitrogens is 1. The molecule has 0 atom stereocenters. The van der Waals surface area contributed by atoms with Crippen molar-refractivity contribution in [3.63, 3.8) is 0 Å². The minimum absolute atomic E-state index is 0.161. The third kappa shape index (κ3) is 1.78. The van der Waals surface area contributed by atoms with Crippen LogP contribution < -0.4 is 0 Å². The molecule has 68 valence electrons. The average molecular weight is 182 g/mol. The molecular formula is C7H6N2O4. The zero-order valence-electron chi connectivity index (χ0n) is 6.72. The summed E-state index contributed by atoms with van der Waals surface area (Å²) in [4.78, 5) is 23.6. The van der Waals surface area contributed by atoms with E-state index in [-0.39, 0.29) is 16.9 Å². The van der Waals surface area contributed by atoms with E-state index < -0.39 is 10.9 Å². The van der Waals surface area contributed by atoms with Crippen molar-refractivity contribution in [3.05, 3.63) is 33.6 Å². The van der Waals surface area contributed by atoms with Crippen molar-refractivity contribution in [2.45, 2.75) is 6.92 Å². The van der Waals surface area contributed by atoms with Crippen molar-refractivity contribution in [1.82, 2.24) is 4.98 Å². The van der Waals surface area contributed by atoms with E-state index >= 15 is 0 Å². The van der Waals surface area contributed by atoms with Crippen LogP contribution in [0.3, 0.4) is 0 Å². The number of carboxylic acid groups (broad SMARTS) is 1. The van der Waals surface area contributed by atoms with Gasteiger partial charge < -0.3 is 5.11 Å². The number of nitrogens with zero attached hydrogens (tertiary/aromatic N) is 2. The first-order chi connectivity index (χ1) is 6.02. The lowest BCUT2D eigenvalue weighted by Crippen LogP contribution is -2.03. The largest absolute Gasteiger partial charge is 0.477 e. The monoisotopic (exact) mass is 182 g/mol. The Bertz CT molecular complexity index is 375. The Hall–Kier alpha value is -1.98. The minimum atomic E-state index is -1.19. The quantitative estimate of drug-likeness (QED) is 0.543. The molecule has 0 saturated heterocycles. The lowest BCUT2D eigenvalue weighted by Gasteiger charge is -1.97. The lowest BCUT2D eigenvalue weighted by molar-refractivity contribution is -0.385. The predicted octanol–water partition coefficient (Wildman–Crippen LogP) is 0.996. The molecule has 1 N–H and O–H groups in total. The molecule has 13 heavy (non-hydrogen) atoms. The van der Waals surface area contributed by atoms with E-state index in [1.54, 1.807) is 0 Å². The number of rotatable bonds is 2. The van der Waals surface area contributed by atoms with Gasteiger partial charge in [-0.25, -0.2) is 9.78 Å². The minimum Gasteiger partial charge on any atom is -0.477 e. The van der Waals surface area contributed by atoms with Crippen LogP contribution in [0.25, 0.3) is 0 Å². The summed E-state index contributed by atoms with van der Waals surface area (Å²) >= 11 is 0. The molecule has 0 aliphatic rings. The number of pyridine rings is 1. The number of carbonyl (C=O) groups is 1. The van der Waals surface area contributed by atoms with Crippen LogP contribution in [-0.2, 0) is 0 Å². The lowest BCUT2D eigenvalue weighted by atomic mass is 10.2. The molecule has 1 aromatic heterocycles. The van der Waals surface area contributed by atoms with E-state index in [4.69, 9.17) is 5.11 Å². The third-order valence-electron chi connectivity index (χ3n) is 1.48. The van der Waals surface area contributed by atoms with Crippen molar-refractivity contribution >= 4 is 11.7 Å². The SMILES string of the molecule is Cc1cc([N+](=O)[O-])cnc1C(=O)O. The summed E-state index contributed by atoms with van der Waals surface area (Å²) in [6, 6.07) is 1.18. The molecule has 1 aromatic rings. The third-order valence-corrected chi connectivity index (χ3v) is 1.48. The summed E-state index contributed by atoms with van der Waals surface area (Å²) in [7, 11) is 0. The Balaban J connectivity index is 3.20. The van der Waals surface area contributed by atoms with Crippen LogP contribution in [0.2, 0.25) is 0 Å². The first-order valence-corrected chi connectivity index (χ1v) is 3.36. The summed E-state index contributed by atoms with van der Waals surface area (Å²) < 4.78 is 0. The van der Waals surface area contributed by atoms with Crippen molar-refractivity contribution < 1.29 is 14.8 Å². The number of aryl methyl sites for hydroxylation is 1. The van der Waals surface area contributed by atoms with Gasteiger partial charge in [-0.15, -0.1) is 0 Å². The Morgan fingerprint density at radius 3 is 2.69 bits per heavy atom. The number of carboxylic acids is 1. The van der Waals surface area contributed by atoms with Crippen LogP contribution in [-0.4, -0.2) is 21.0 Å². The molecular weight excluding hydrogens is 176 g/mol. The highest BCUT2D eigenvalue weighted by atomic mass is 16.6. The van der Waals surface area contributed by atoms with E-state index in [1.807, 2.05) is 0 Å². The summed E-state index contributed by atoms with van der Waals surface area (Å²) in [6.07, 6.45) is 0.927.